The lowest BCUT2D eigenvalue weighted by Gasteiger charge is -2.28. The zero-order valence-electron chi connectivity index (χ0n) is 11.5. The van der Waals surface area contributed by atoms with Gasteiger partial charge in [-0.3, -0.25) is 0 Å². The van der Waals surface area contributed by atoms with Crippen LogP contribution in [0.2, 0.25) is 0 Å². The predicted molar refractivity (Wildman–Crippen MR) is 75.1 cm³/mol. The number of aryl methyl sites for hydroxylation is 1. The van der Waals surface area contributed by atoms with Crippen molar-refractivity contribution in [1.29, 1.82) is 0 Å². The van der Waals surface area contributed by atoms with Crippen molar-refractivity contribution in [1.82, 2.24) is 0 Å². The van der Waals surface area contributed by atoms with Gasteiger partial charge in [-0.25, -0.2) is 4.39 Å². The van der Waals surface area contributed by atoms with Crippen molar-refractivity contribution >= 4 is 0 Å². The van der Waals surface area contributed by atoms with E-state index in [9.17, 15) is 4.39 Å². The second-order valence-electron chi connectivity index (χ2n) is 5.84. The van der Waals surface area contributed by atoms with Crippen LogP contribution in [0.4, 0.5) is 4.39 Å². The highest BCUT2D eigenvalue weighted by Gasteiger charge is 2.20. The van der Waals surface area contributed by atoms with Crippen LogP contribution in [-0.4, -0.2) is 0 Å². The van der Waals surface area contributed by atoms with Gasteiger partial charge in [0.25, 0.3) is 0 Å². The van der Waals surface area contributed by atoms with E-state index in [1.54, 1.807) is 12.1 Å². The van der Waals surface area contributed by atoms with E-state index in [1.165, 1.54) is 50.5 Å². The summed E-state index contributed by atoms with van der Waals surface area (Å²) in [5.41, 5.74) is 1.28. The van der Waals surface area contributed by atoms with Crippen LogP contribution < -0.4 is 0 Å². The fourth-order valence-electron chi connectivity index (χ4n) is 3.24. The van der Waals surface area contributed by atoms with Gasteiger partial charge in [0, 0.05) is 0 Å². The molecular formula is C17H25F. The summed E-state index contributed by atoms with van der Waals surface area (Å²) >= 11 is 0. The summed E-state index contributed by atoms with van der Waals surface area (Å²) in [4.78, 5) is 0. The molecule has 0 radical (unpaired) electrons. The Morgan fingerprint density at radius 3 is 2.06 bits per heavy atom. The van der Waals surface area contributed by atoms with Gasteiger partial charge >= 0.3 is 0 Å². The topological polar surface area (TPSA) is 0 Å². The Morgan fingerprint density at radius 1 is 0.944 bits per heavy atom. The van der Waals surface area contributed by atoms with Gasteiger partial charge in [-0.05, 0) is 42.4 Å². The normalized spacial score (nSPS) is 24.1. The van der Waals surface area contributed by atoms with E-state index in [-0.39, 0.29) is 5.82 Å². The van der Waals surface area contributed by atoms with Crippen molar-refractivity contribution in [3.8, 4) is 0 Å². The van der Waals surface area contributed by atoms with Gasteiger partial charge in [0.1, 0.15) is 5.82 Å². The van der Waals surface area contributed by atoms with E-state index in [0.29, 0.717) is 0 Å². The first-order chi connectivity index (χ1) is 8.78. The molecule has 0 spiro atoms. The summed E-state index contributed by atoms with van der Waals surface area (Å²) in [7, 11) is 0. The molecular weight excluding hydrogens is 223 g/mol. The molecule has 1 aliphatic carbocycles. The highest BCUT2D eigenvalue weighted by molar-refractivity contribution is 5.16. The molecule has 0 aliphatic heterocycles. The number of benzene rings is 1. The van der Waals surface area contributed by atoms with Crippen LogP contribution in [0.1, 0.15) is 57.4 Å². The van der Waals surface area contributed by atoms with Gasteiger partial charge in [0.05, 0.1) is 0 Å². The minimum absolute atomic E-state index is 0.126. The van der Waals surface area contributed by atoms with Crippen LogP contribution in [0.25, 0.3) is 0 Å². The number of rotatable bonds is 5. The van der Waals surface area contributed by atoms with Gasteiger partial charge in [0.15, 0.2) is 0 Å². The van der Waals surface area contributed by atoms with E-state index in [0.717, 1.165) is 18.3 Å². The van der Waals surface area contributed by atoms with Gasteiger partial charge < -0.3 is 0 Å². The Kier molecular flexibility index (Phi) is 5.22. The zero-order chi connectivity index (χ0) is 12.8. The predicted octanol–water partition coefficient (Wildman–Crippen LogP) is 5.36. The standard InChI is InChI=1S/C17H25F/c1-2-3-14-4-6-15(7-5-14)8-9-16-10-12-17(18)13-11-16/h10-15H,2-9H2,1H3. The summed E-state index contributed by atoms with van der Waals surface area (Å²) < 4.78 is 12.8. The maximum Gasteiger partial charge on any atom is 0.123 e. The number of hydrogen-bond acceptors (Lipinski definition) is 0. The molecule has 100 valence electrons. The lowest BCUT2D eigenvalue weighted by Crippen LogP contribution is -2.15. The first-order valence-corrected chi connectivity index (χ1v) is 7.52. The molecule has 1 aliphatic rings. The molecule has 0 unspecified atom stereocenters. The molecule has 0 N–H and O–H groups in total. The third-order valence-corrected chi connectivity index (χ3v) is 4.42. The molecule has 0 aromatic heterocycles. The molecule has 0 bridgehead atoms. The van der Waals surface area contributed by atoms with Gasteiger partial charge in [-0.1, -0.05) is 57.6 Å². The van der Waals surface area contributed by atoms with Crippen molar-refractivity contribution in [2.24, 2.45) is 11.8 Å². The lowest BCUT2D eigenvalue weighted by molar-refractivity contribution is 0.252. The van der Waals surface area contributed by atoms with Crippen molar-refractivity contribution in [3.63, 3.8) is 0 Å². The lowest BCUT2D eigenvalue weighted by atomic mass is 9.78. The van der Waals surface area contributed by atoms with E-state index < -0.39 is 0 Å². The summed E-state index contributed by atoms with van der Waals surface area (Å²) in [6, 6.07) is 7.01. The molecule has 1 aromatic carbocycles. The van der Waals surface area contributed by atoms with Crippen LogP contribution >= 0.6 is 0 Å². The molecule has 1 aromatic rings. The van der Waals surface area contributed by atoms with Crippen molar-refractivity contribution in [2.45, 2.75) is 58.3 Å². The highest BCUT2D eigenvalue weighted by atomic mass is 19.1. The van der Waals surface area contributed by atoms with Crippen LogP contribution in [0.15, 0.2) is 24.3 Å². The molecule has 1 saturated carbocycles. The fraction of sp³-hybridized carbons (Fsp3) is 0.647. The Balaban J connectivity index is 1.70. The molecule has 0 amide bonds. The van der Waals surface area contributed by atoms with Crippen molar-refractivity contribution in [2.75, 3.05) is 0 Å². The number of hydrogen-bond donors (Lipinski definition) is 0. The van der Waals surface area contributed by atoms with E-state index in [2.05, 4.69) is 6.92 Å². The summed E-state index contributed by atoms with van der Waals surface area (Å²) in [6.07, 6.45) is 10.8. The summed E-state index contributed by atoms with van der Waals surface area (Å²) in [5, 5.41) is 0. The van der Waals surface area contributed by atoms with E-state index in [1.807, 2.05) is 12.1 Å². The Hall–Kier alpha value is -0.850. The van der Waals surface area contributed by atoms with E-state index in [4.69, 9.17) is 0 Å². The summed E-state index contributed by atoms with van der Waals surface area (Å²) in [5.74, 6) is 1.78. The van der Waals surface area contributed by atoms with Gasteiger partial charge in [-0.15, -0.1) is 0 Å². The monoisotopic (exact) mass is 248 g/mol. The van der Waals surface area contributed by atoms with Crippen LogP contribution in [0.3, 0.4) is 0 Å². The Morgan fingerprint density at radius 2 is 1.50 bits per heavy atom. The molecule has 18 heavy (non-hydrogen) atoms. The molecule has 1 heteroatoms. The third-order valence-electron chi connectivity index (χ3n) is 4.42. The molecule has 2 rings (SSSR count). The quantitative estimate of drug-likeness (QED) is 0.657. The summed E-state index contributed by atoms with van der Waals surface area (Å²) in [6.45, 7) is 2.29. The van der Waals surface area contributed by atoms with Gasteiger partial charge in [-0.2, -0.15) is 0 Å². The maximum absolute atomic E-state index is 12.8. The van der Waals surface area contributed by atoms with Crippen LogP contribution in [0, 0.1) is 17.7 Å². The molecule has 0 nitrogen and oxygen atoms in total. The van der Waals surface area contributed by atoms with Crippen LogP contribution in [0.5, 0.6) is 0 Å². The van der Waals surface area contributed by atoms with Gasteiger partial charge in [0.2, 0.25) is 0 Å². The Bertz CT molecular complexity index is 333. The van der Waals surface area contributed by atoms with Crippen molar-refractivity contribution < 1.29 is 4.39 Å². The fourth-order valence-corrected chi connectivity index (χ4v) is 3.24. The first-order valence-electron chi connectivity index (χ1n) is 7.52. The molecule has 0 heterocycles. The second kappa shape index (κ2) is 6.92. The van der Waals surface area contributed by atoms with Crippen LogP contribution in [-0.2, 0) is 6.42 Å². The average Bonchev–Trinajstić information content (AvgIpc) is 2.40. The largest absolute Gasteiger partial charge is 0.207 e. The molecule has 1 fully saturated rings. The minimum Gasteiger partial charge on any atom is -0.207 e. The second-order valence-corrected chi connectivity index (χ2v) is 5.84. The number of halogens is 1. The third kappa shape index (κ3) is 4.12. The highest BCUT2D eigenvalue weighted by Crippen LogP contribution is 2.33. The van der Waals surface area contributed by atoms with E-state index >= 15 is 0 Å². The Labute approximate surface area is 111 Å². The smallest absolute Gasteiger partial charge is 0.123 e. The minimum atomic E-state index is -0.126. The molecule has 0 atom stereocenters. The maximum atomic E-state index is 12.8. The molecule has 0 saturated heterocycles. The first kappa shape index (κ1) is 13.6. The SMILES string of the molecule is CCCC1CCC(CCc2ccc(F)cc2)CC1. The zero-order valence-corrected chi connectivity index (χ0v) is 11.5. The van der Waals surface area contributed by atoms with Crippen molar-refractivity contribution in [3.05, 3.63) is 35.6 Å². The average molecular weight is 248 g/mol.